The second-order valence-electron chi connectivity index (χ2n) is 8.08. The van der Waals surface area contributed by atoms with Crippen LogP contribution in [0.4, 0.5) is 0 Å². The van der Waals surface area contributed by atoms with Gasteiger partial charge in [0.25, 0.3) is 0 Å². The van der Waals surface area contributed by atoms with Crippen molar-refractivity contribution < 1.29 is 28.3 Å². The monoisotopic (exact) mass is 392 g/mol. The van der Waals surface area contributed by atoms with Gasteiger partial charge < -0.3 is 23.5 Å². The molecule has 1 aliphatic rings. The second-order valence-corrected chi connectivity index (χ2v) is 8.08. The highest BCUT2D eigenvalue weighted by Crippen LogP contribution is 2.37. The smallest absolute Gasteiger partial charge is 0.497 e. The largest absolute Gasteiger partial charge is 0.498 e. The van der Waals surface area contributed by atoms with Crippen LogP contribution in [-0.4, -0.2) is 45.1 Å². The number of hydrogen-bond acceptors (Lipinski definition) is 6. The summed E-state index contributed by atoms with van der Waals surface area (Å²) in [6.07, 6.45) is 4.27. The number of methoxy groups -OCH3 is 2. The minimum absolute atomic E-state index is 0.148. The minimum Gasteiger partial charge on any atom is -0.497 e. The molecule has 0 aliphatic carbocycles. The normalized spacial score (nSPS) is 17.4. The van der Waals surface area contributed by atoms with Crippen LogP contribution in [0.3, 0.4) is 0 Å². The fourth-order valence-corrected chi connectivity index (χ4v) is 2.96. The average Bonchev–Trinajstić information content (AvgIpc) is 2.87. The molecule has 0 N–H and O–H groups in total. The van der Waals surface area contributed by atoms with Gasteiger partial charge in [0.2, 0.25) is 0 Å². The van der Waals surface area contributed by atoms with Crippen molar-refractivity contribution in [3.8, 4) is 11.5 Å². The molecule has 0 spiro atoms. The maximum atomic E-state index is 11.1. The minimum atomic E-state index is -0.469. The lowest BCUT2D eigenvalue weighted by Gasteiger charge is -2.32. The zero-order chi connectivity index (χ0) is 20.8. The highest BCUT2D eigenvalue weighted by molar-refractivity contribution is 6.63. The van der Waals surface area contributed by atoms with Crippen molar-refractivity contribution in [1.82, 2.24) is 0 Å². The predicted octanol–water partition coefficient (Wildman–Crippen LogP) is 3.50. The summed E-state index contributed by atoms with van der Waals surface area (Å²) in [5, 5.41) is 0. The summed E-state index contributed by atoms with van der Waals surface area (Å²) in [5.41, 5.74) is 0.0635. The van der Waals surface area contributed by atoms with Gasteiger partial charge in [0.1, 0.15) is 11.5 Å². The average molecular weight is 392 g/mol. The summed E-state index contributed by atoms with van der Waals surface area (Å²) in [6.45, 7) is 8.74. The van der Waals surface area contributed by atoms with E-state index in [-0.39, 0.29) is 5.97 Å². The van der Waals surface area contributed by atoms with Crippen molar-refractivity contribution in [3.63, 3.8) is 0 Å². The molecule has 6 nitrogen and oxygen atoms in total. The number of hydrogen-bond donors (Lipinski definition) is 0. The summed E-state index contributed by atoms with van der Waals surface area (Å²) in [6, 6.07) is 5.73. The van der Waals surface area contributed by atoms with E-state index < -0.39 is 18.3 Å². The first-order chi connectivity index (χ1) is 13.2. The first-order valence-corrected chi connectivity index (χ1v) is 9.93. The van der Waals surface area contributed by atoms with Gasteiger partial charge in [-0.15, -0.1) is 0 Å². The van der Waals surface area contributed by atoms with Gasteiger partial charge in [0, 0.05) is 17.9 Å². The number of carbonyl (C=O) groups excluding carboxylic acids is 1. The topological polar surface area (TPSA) is 63.2 Å². The summed E-state index contributed by atoms with van der Waals surface area (Å²) < 4.78 is 28.3. The van der Waals surface area contributed by atoms with Crippen molar-refractivity contribution in [2.45, 2.75) is 71.0 Å². The van der Waals surface area contributed by atoms with Gasteiger partial charge in [-0.2, -0.15) is 0 Å². The van der Waals surface area contributed by atoms with Gasteiger partial charge in [-0.25, -0.2) is 0 Å². The Bertz CT molecular complexity index is 642. The van der Waals surface area contributed by atoms with Gasteiger partial charge in [-0.1, -0.05) is 18.9 Å². The maximum absolute atomic E-state index is 11.1. The molecule has 0 bridgehead atoms. The van der Waals surface area contributed by atoms with Crippen molar-refractivity contribution in [1.29, 1.82) is 0 Å². The molecule has 1 heterocycles. The fourth-order valence-electron chi connectivity index (χ4n) is 2.96. The Balaban J connectivity index is 1.84. The Morgan fingerprint density at radius 3 is 2.25 bits per heavy atom. The fraction of sp³-hybridized carbons (Fsp3) is 0.667. The summed E-state index contributed by atoms with van der Waals surface area (Å²) in [7, 11) is 2.58. The van der Waals surface area contributed by atoms with Crippen molar-refractivity contribution in [2.24, 2.45) is 0 Å². The molecular formula is C21H33BO6. The van der Waals surface area contributed by atoms with Crippen LogP contribution in [0, 0.1) is 0 Å². The molecule has 1 saturated heterocycles. The molecule has 0 saturated carbocycles. The van der Waals surface area contributed by atoms with Crippen LogP contribution in [-0.2, 0) is 18.8 Å². The van der Waals surface area contributed by atoms with Crippen LogP contribution in [0.25, 0.3) is 0 Å². The second kappa shape index (κ2) is 9.66. The zero-order valence-corrected chi connectivity index (χ0v) is 18.0. The quantitative estimate of drug-likeness (QED) is 0.345. The van der Waals surface area contributed by atoms with E-state index in [0.29, 0.717) is 18.8 Å². The van der Waals surface area contributed by atoms with Gasteiger partial charge in [-0.05, 0) is 46.6 Å². The molecule has 1 fully saturated rings. The van der Waals surface area contributed by atoms with Crippen LogP contribution < -0.4 is 14.9 Å². The molecule has 0 amide bonds. The van der Waals surface area contributed by atoms with Crippen molar-refractivity contribution in [2.75, 3.05) is 20.8 Å². The SMILES string of the molecule is COC(=O)CCCCCCOc1ccc(B2OC(C)(C)C(C)(C)O2)c(OC)c1. The Hall–Kier alpha value is -1.73. The molecule has 2 rings (SSSR count). The highest BCUT2D eigenvalue weighted by Gasteiger charge is 2.52. The first kappa shape index (κ1) is 22.6. The molecule has 0 radical (unpaired) electrons. The third kappa shape index (κ3) is 5.64. The lowest BCUT2D eigenvalue weighted by Crippen LogP contribution is -2.41. The number of ether oxygens (including phenoxy) is 3. The van der Waals surface area contributed by atoms with Crippen LogP contribution in [0.5, 0.6) is 11.5 Å². The van der Waals surface area contributed by atoms with Crippen LogP contribution in [0.2, 0.25) is 0 Å². The molecule has 1 aromatic rings. The first-order valence-electron chi connectivity index (χ1n) is 9.93. The summed E-state index contributed by atoms with van der Waals surface area (Å²) >= 11 is 0. The Kier molecular flexibility index (Phi) is 7.78. The van der Waals surface area contributed by atoms with E-state index in [0.717, 1.165) is 36.9 Å². The summed E-state index contributed by atoms with van der Waals surface area (Å²) in [5.74, 6) is 1.30. The number of unbranched alkanes of at least 4 members (excludes halogenated alkanes) is 3. The third-order valence-corrected chi connectivity index (χ3v) is 5.48. The molecule has 7 heteroatoms. The Morgan fingerprint density at radius 2 is 1.64 bits per heavy atom. The lowest BCUT2D eigenvalue weighted by molar-refractivity contribution is -0.140. The molecule has 28 heavy (non-hydrogen) atoms. The number of rotatable bonds is 10. The Morgan fingerprint density at radius 1 is 1.00 bits per heavy atom. The van der Waals surface area contributed by atoms with E-state index in [1.165, 1.54) is 7.11 Å². The van der Waals surface area contributed by atoms with E-state index in [9.17, 15) is 4.79 Å². The van der Waals surface area contributed by atoms with Crippen molar-refractivity contribution in [3.05, 3.63) is 18.2 Å². The third-order valence-electron chi connectivity index (χ3n) is 5.48. The van der Waals surface area contributed by atoms with E-state index >= 15 is 0 Å². The van der Waals surface area contributed by atoms with E-state index in [1.807, 2.05) is 45.9 Å². The Labute approximate surface area is 169 Å². The maximum Gasteiger partial charge on any atom is 0.498 e. The van der Waals surface area contributed by atoms with Crippen molar-refractivity contribution >= 4 is 18.6 Å². The van der Waals surface area contributed by atoms with Crippen LogP contribution in [0.15, 0.2) is 18.2 Å². The van der Waals surface area contributed by atoms with Gasteiger partial charge in [0.05, 0.1) is 32.0 Å². The number of esters is 1. The molecule has 1 aliphatic heterocycles. The molecule has 0 atom stereocenters. The number of carbonyl (C=O) groups is 1. The van der Waals surface area contributed by atoms with E-state index in [1.54, 1.807) is 7.11 Å². The van der Waals surface area contributed by atoms with Gasteiger partial charge in [-0.3, -0.25) is 4.79 Å². The van der Waals surface area contributed by atoms with Gasteiger partial charge >= 0.3 is 13.1 Å². The summed E-state index contributed by atoms with van der Waals surface area (Å²) in [4.78, 5) is 11.1. The zero-order valence-electron chi connectivity index (χ0n) is 18.0. The standard InChI is InChI=1S/C21H33BO6/c1-20(2)21(3,4)28-22(27-20)17-13-12-16(15-18(17)24-5)26-14-10-8-7-9-11-19(23)25-6/h12-13,15H,7-11,14H2,1-6H3. The molecule has 0 aromatic heterocycles. The van der Waals surface area contributed by atoms with Crippen LogP contribution in [0.1, 0.15) is 59.8 Å². The van der Waals surface area contributed by atoms with Gasteiger partial charge in [0.15, 0.2) is 0 Å². The molecule has 0 unspecified atom stereocenters. The lowest BCUT2D eigenvalue weighted by atomic mass is 9.78. The van der Waals surface area contributed by atoms with E-state index in [2.05, 4.69) is 4.74 Å². The molecule has 1 aromatic carbocycles. The molecule has 156 valence electrons. The number of benzene rings is 1. The molecular weight excluding hydrogens is 359 g/mol. The van der Waals surface area contributed by atoms with Crippen LogP contribution >= 0.6 is 0 Å². The predicted molar refractivity (Wildman–Crippen MR) is 109 cm³/mol. The van der Waals surface area contributed by atoms with E-state index in [4.69, 9.17) is 18.8 Å². The highest BCUT2D eigenvalue weighted by atomic mass is 16.7.